The van der Waals surface area contributed by atoms with E-state index in [2.05, 4.69) is 23.5 Å². The number of thiophene rings is 1. The van der Waals surface area contributed by atoms with E-state index >= 15 is 0 Å². The van der Waals surface area contributed by atoms with Gasteiger partial charge in [-0.2, -0.15) is 0 Å². The maximum atomic E-state index is 13.3. The number of phenolic OH excluding ortho intramolecular Hbond substituents is 1. The summed E-state index contributed by atoms with van der Waals surface area (Å²) in [5.41, 5.74) is 3.80. The summed E-state index contributed by atoms with van der Waals surface area (Å²) in [6.07, 6.45) is 14.2. The fraction of sp³-hybridized carbons (Fsp3) is 0.259. The molecule has 3 aromatic rings. The zero-order chi connectivity index (χ0) is 21.9. The lowest BCUT2D eigenvalue weighted by molar-refractivity contribution is 0.0956. The second-order valence-electron chi connectivity index (χ2n) is 8.34. The molecule has 0 saturated heterocycles. The van der Waals surface area contributed by atoms with E-state index in [0.29, 0.717) is 17.7 Å². The third kappa shape index (κ3) is 4.13. The van der Waals surface area contributed by atoms with E-state index in [9.17, 15) is 9.90 Å². The van der Waals surface area contributed by atoms with Crippen LogP contribution in [0.3, 0.4) is 0 Å². The second kappa shape index (κ2) is 9.13. The molecule has 0 bridgehead atoms. The van der Waals surface area contributed by atoms with Gasteiger partial charge in [0.2, 0.25) is 0 Å². The molecule has 0 unspecified atom stereocenters. The number of amides is 1. The minimum Gasteiger partial charge on any atom is -0.507 e. The Balaban J connectivity index is 1.49. The van der Waals surface area contributed by atoms with E-state index in [1.807, 2.05) is 30.3 Å². The Labute approximate surface area is 192 Å². The van der Waals surface area contributed by atoms with Crippen molar-refractivity contribution in [1.82, 2.24) is 5.32 Å². The smallest absolute Gasteiger partial charge is 0.254 e. The van der Waals surface area contributed by atoms with Crippen LogP contribution in [0, 0.1) is 0 Å². The molecule has 5 rings (SSSR count). The summed E-state index contributed by atoms with van der Waals surface area (Å²) in [6.45, 7) is 0.570. The van der Waals surface area contributed by atoms with Crippen molar-refractivity contribution < 1.29 is 9.90 Å². The number of nitrogens with one attached hydrogen (secondary N) is 1. The highest BCUT2D eigenvalue weighted by Crippen LogP contribution is 2.40. The maximum Gasteiger partial charge on any atom is 0.254 e. The second-order valence-corrected chi connectivity index (χ2v) is 9.43. The molecule has 0 saturated carbocycles. The van der Waals surface area contributed by atoms with Crippen LogP contribution in [0.1, 0.15) is 52.0 Å². The quantitative estimate of drug-likeness (QED) is 0.459. The lowest BCUT2D eigenvalue weighted by Gasteiger charge is -2.14. The summed E-state index contributed by atoms with van der Waals surface area (Å²) in [5, 5.41) is 16.3. The van der Waals surface area contributed by atoms with Crippen molar-refractivity contribution in [2.45, 2.75) is 38.5 Å². The van der Waals surface area contributed by atoms with Gasteiger partial charge in [-0.15, -0.1) is 11.3 Å². The predicted octanol–water partition coefficient (Wildman–Crippen LogP) is 6.24. The molecule has 0 fully saturated rings. The number of fused-ring (bicyclic) bond motifs is 2. The van der Waals surface area contributed by atoms with Gasteiger partial charge in [-0.05, 0) is 60.9 Å². The van der Waals surface area contributed by atoms with Gasteiger partial charge in [0.05, 0.1) is 5.56 Å². The highest BCUT2D eigenvalue weighted by atomic mass is 32.1. The van der Waals surface area contributed by atoms with Crippen molar-refractivity contribution in [3.63, 3.8) is 0 Å². The third-order valence-corrected chi connectivity index (χ3v) is 7.41. The van der Waals surface area contributed by atoms with Crippen molar-refractivity contribution >= 4 is 39.2 Å². The molecule has 32 heavy (non-hydrogen) atoms. The lowest BCUT2D eigenvalue weighted by Crippen LogP contribution is -2.26. The van der Waals surface area contributed by atoms with Gasteiger partial charge < -0.3 is 10.4 Å². The summed E-state index contributed by atoms with van der Waals surface area (Å²) < 4.78 is 0. The Morgan fingerprint density at radius 3 is 2.88 bits per heavy atom. The average Bonchev–Trinajstić information content (AvgIpc) is 3.21. The Morgan fingerprint density at radius 1 is 1.12 bits per heavy atom. The van der Waals surface area contributed by atoms with Crippen LogP contribution in [-0.4, -0.2) is 23.8 Å². The first-order valence-electron chi connectivity index (χ1n) is 11.2. The lowest BCUT2D eigenvalue weighted by atomic mass is 9.95. The van der Waals surface area contributed by atoms with Crippen LogP contribution in [0.4, 0.5) is 5.00 Å². The number of hydrogen-bond acceptors (Lipinski definition) is 4. The van der Waals surface area contributed by atoms with Crippen molar-refractivity contribution in [3.8, 4) is 5.75 Å². The topological polar surface area (TPSA) is 61.7 Å². The predicted molar refractivity (Wildman–Crippen MR) is 133 cm³/mol. The molecule has 2 aliphatic carbocycles. The van der Waals surface area contributed by atoms with E-state index in [-0.39, 0.29) is 11.7 Å². The van der Waals surface area contributed by atoms with Crippen LogP contribution in [0.5, 0.6) is 5.75 Å². The van der Waals surface area contributed by atoms with Crippen molar-refractivity contribution in [3.05, 3.63) is 81.8 Å². The fourth-order valence-electron chi connectivity index (χ4n) is 4.50. The molecule has 1 heterocycles. The number of aliphatic imine (C=N–C) groups is 1. The Morgan fingerprint density at radius 2 is 2.00 bits per heavy atom. The number of aryl methyl sites for hydroxylation is 1. The van der Waals surface area contributed by atoms with Gasteiger partial charge in [0, 0.05) is 23.2 Å². The summed E-state index contributed by atoms with van der Waals surface area (Å²) >= 11 is 1.62. The van der Waals surface area contributed by atoms with Crippen molar-refractivity contribution in [1.29, 1.82) is 0 Å². The highest BCUT2D eigenvalue weighted by molar-refractivity contribution is 7.16. The summed E-state index contributed by atoms with van der Waals surface area (Å²) in [4.78, 5) is 19.3. The minimum atomic E-state index is -0.0471. The number of phenols is 1. The van der Waals surface area contributed by atoms with Crippen LogP contribution in [-0.2, 0) is 12.8 Å². The monoisotopic (exact) mass is 442 g/mol. The number of aromatic hydroxyl groups is 1. The molecular formula is C27H26N2O2S. The average molecular weight is 443 g/mol. The number of allylic oxidation sites excluding steroid dienone is 3. The molecule has 2 aromatic carbocycles. The number of carbonyl (C=O) groups is 1. The fourth-order valence-corrected chi connectivity index (χ4v) is 5.73. The largest absolute Gasteiger partial charge is 0.507 e. The molecule has 162 valence electrons. The molecular weight excluding hydrogens is 416 g/mol. The normalized spacial score (nSPS) is 15.7. The highest BCUT2D eigenvalue weighted by Gasteiger charge is 2.25. The van der Waals surface area contributed by atoms with Crippen LogP contribution < -0.4 is 5.32 Å². The van der Waals surface area contributed by atoms with Gasteiger partial charge in [0.25, 0.3) is 5.91 Å². The number of benzene rings is 2. The Hall–Kier alpha value is -3.18. The Bertz CT molecular complexity index is 1270. The molecule has 2 aliphatic rings. The van der Waals surface area contributed by atoms with Crippen molar-refractivity contribution in [2.75, 3.05) is 6.54 Å². The molecule has 0 radical (unpaired) electrons. The van der Waals surface area contributed by atoms with Crippen LogP contribution in [0.2, 0.25) is 0 Å². The van der Waals surface area contributed by atoms with Gasteiger partial charge in [-0.1, -0.05) is 54.1 Å². The van der Waals surface area contributed by atoms with Gasteiger partial charge in [0.15, 0.2) is 0 Å². The molecule has 1 amide bonds. The van der Waals surface area contributed by atoms with Gasteiger partial charge in [0.1, 0.15) is 10.8 Å². The van der Waals surface area contributed by atoms with E-state index in [1.54, 1.807) is 23.6 Å². The summed E-state index contributed by atoms with van der Waals surface area (Å²) in [6, 6.07) is 11.5. The van der Waals surface area contributed by atoms with Gasteiger partial charge >= 0.3 is 0 Å². The molecule has 0 atom stereocenters. The van der Waals surface area contributed by atoms with E-state index < -0.39 is 0 Å². The van der Waals surface area contributed by atoms with Crippen LogP contribution in [0.25, 0.3) is 10.8 Å². The van der Waals surface area contributed by atoms with Gasteiger partial charge in [-0.3, -0.25) is 4.79 Å². The van der Waals surface area contributed by atoms with E-state index in [0.717, 1.165) is 59.9 Å². The zero-order valence-electron chi connectivity index (χ0n) is 17.9. The molecule has 5 heteroatoms. The molecule has 2 N–H and O–H groups in total. The number of carbonyl (C=O) groups excluding carboxylic acids is 1. The summed E-state index contributed by atoms with van der Waals surface area (Å²) in [7, 11) is 0. The number of nitrogens with zero attached hydrogens (tertiary/aromatic N) is 1. The first kappa shape index (κ1) is 20.7. The van der Waals surface area contributed by atoms with Crippen LogP contribution in [0.15, 0.2) is 65.2 Å². The minimum absolute atomic E-state index is 0.0471. The number of rotatable bonds is 5. The molecule has 4 nitrogen and oxygen atoms in total. The first-order chi connectivity index (χ1) is 15.7. The van der Waals surface area contributed by atoms with E-state index in [4.69, 9.17) is 4.99 Å². The molecule has 0 aliphatic heterocycles. The first-order valence-corrected chi connectivity index (χ1v) is 12.0. The van der Waals surface area contributed by atoms with Crippen LogP contribution >= 0.6 is 11.3 Å². The van der Waals surface area contributed by atoms with Crippen molar-refractivity contribution in [2.24, 2.45) is 4.99 Å². The molecule has 0 spiro atoms. The third-order valence-electron chi connectivity index (χ3n) is 6.21. The SMILES string of the molecule is O=C(NCC1=CC=CCC1)c1c(N=Cc2c(O)ccc3ccccc23)sc2c1CCCC2. The van der Waals surface area contributed by atoms with Gasteiger partial charge in [-0.25, -0.2) is 4.99 Å². The zero-order valence-corrected chi connectivity index (χ0v) is 18.8. The Kier molecular flexibility index (Phi) is 5.91. The maximum absolute atomic E-state index is 13.3. The summed E-state index contributed by atoms with van der Waals surface area (Å²) in [5.74, 6) is 0.145. The standard InChI is InChI=1S/C27H26N2O2S/c30-23-15-14-19-10-4-5-11-20(19)22(23)17-29-27-25(21-12-6-7-13-24(21)32-27)26(31)28-16-18-8-2-1-3-9-18/h1-2,4-5,8,10-11,14-15,17,30H,3,6-7,9,12-13,16H2,(H,28,31). The number of hydrogen-bond donors (Lipinski definition) is 2. The molecule has 1 aromatic heterocycles. The van der Waals surface area contributed by atoms with E-state index in [1.165, 1.54) is 10.5 Å².